The molecular formula is C14H20ClNS2. The van der Waals surface area contributed by atoms with E-state index in [2.05, 4.69) is 30.8 Å². The van der Waals surface area contributed by atoms with Crippen LogP contribution in [-0.2, 0) is 0 Å². The lowest BCUT2D eigenvalue weighted by Gasteiger charge is -2.34. The van der Waals surface area contributed by atoms with Gasteiger partial charge in [0.1, 0.15) is 0 Å². The van der Waals surface area contributed by atoms with Crippen molar-refractivity contribution < 1.29 is 0 Å². The van der Waals surface area contributed by atoms with Crippen molar-refractivity contribution in [1.29, 1.82) is 0 Å². The van der Waals surface area contributed by atoms with Crippen molar-refractivity contribution in [3.8, 4) is 0 Å². The van der Waals surface area contributed by atoms with Gasteiger partial charge in [0.15, 0.2) is 0 Å². The Bertz CT molecular complexity index is 411. The van der Waals surface area contributed by atoms with Crippen LogP contribution in [-0.4, -0.2) is 22.0 Å². The number of aryl methyl sites for hydroxylation is 1. The average Bonchev–Trinajstić information content (AvgIpc) is 2.41. The van der Waals surface area contributed by atoms with E-state index in [0.29, 0.717) is 10.5 Å². The van der Waals surface area contributed by atoms with Gasteiger partial charge in [0.25, 0.3) is 0 Å². The predicted octanol–water partition coefficient (Wildman–Crippen LogP) is 4.28. The minimum atomic E-state index is 0.0887. The highest BCUT2D eigenvalue weighted by Gasteiger charge is 2.30. The Morgan fingerprint density at radius 1 is 1.39 bits per heavy atom. The van der Waals surface area contributed by atoms with Crippen molar-refractivity contribution in [2.24, 2.45) is 5.73 Å². The van der Waals surface area contributed by atoms with E-state index in [1.165, 1.54) is 23.5 Å². The lowest BCUT2D eigenvalue weighted by Crippen LogP contribution is -2.35. The van der Waals surface area contributed by atoms with Crippen LogP contribution in [0.15, 0.2) is 18.2 Å². The topological polar surface area (TPSA) is 26.0 Å². The van der Waals surface area contributed by atoms with Gasteiger partial charge in [-0.2, -0.15) is 23.5 Å². The van der Waals surface area contributed by atoms with Gasteiger partial charge >= 0.3 is 0 Å². The van der Waals surface area contributed by atoms with Gasteiger partial charge in [-0.05, 0) is 30.5 Å². The number of benzene rings is 1. The number of nitrogens with two attached hydrogens (primary N) is 1. The second kappa shape index (κ2) is 6.56. The zero-order valence-electron chi connectivity index (χ0n) is 10.9. The summed E-state index contributed by atoms with van der Waals surface area (Å²) in [5.41, 5.74) is 8.75. The molecule has 1 aromatic carbocycles. The standard InChI is InChI=1S/C14H20ClNS2/c1-3-12-14(18-7-6-17-12)13(16)10-5-4-9(2)11(15)8-10/h4-5,8,12-14H,3,6-7,16H2,1-2H3. The molecule has 2 rings (SSSR count). The summed E-state index contributed by atoms with van der Waals surface area (Å²) in [6.45, 7) is 4.28. The van der Waals surface area contributed by atoms with Crippen molar-refractivity contribution in [1.82, 2.24) is 0 Å². The predicted molar refractivity (Wildman–Crippen MR) is 85.9 cm³/mol. The number of halogens is 1. The first-order valence-electron chi connectivity index (χ1n) is 6.38. The first-order chi connectivity index (χ1) is 8.63. The van der Waals surface area contributed by atoms with Crippen LogP contribution in [0.3, 0.4) is 0 Å². The third-order valence-corrected chi connectivity index (χ3v) is 7.21. The minimum absolute atomic E-state index is 0.0887. The first-order valence-corrected chi connectivity index (χ1v) is 8.86. The normalized spacial score (nSPS) is 26.0. The van der Waals surface area contributed by atoms with Crippen molar-refractivity contribution >= 4 is 35.1 Å². The second-order valence-corrected chi connectivity index (χ2v) is 7.73. The summed E-state index contributed by atoms with van der Waals surface area (Å²) in [6, 6.07) is 6.32. The van der Waals surface area contributed by atoms with Crippen molar-refractivity contribution in [2.75, 3.05) is 11.5 Å². The molecule has 0 aliphatic carbocycles. The lowest BCUT2D eigenvalue weighted by molar-refractivity contribution is 0.630. The lowest BCUT2D eigenvalue weighted by atomic mass is 10.00. The minimum Gasteiger partial charge on any atom is -0.323 e. The molecule has 1 saturated heterocycles. The molecule has 0 bridgehead atoms. The molecule has 3 unspecified atom stereocenters. The van der Waals surface area contributed by atoms with Gasteiger partial charge in [-0.15, -0.1) is 0 Å². The molecule has 1 aromatic rings. The quantitative estimate of drug-likeness (QED) is 0.902. The van der Waals surface area contributed by atoms with Crippen LogP contribution in [0.2, 0.25) is 5.02 Å². The van der Waals surface area contributed by atoms with E-state index in [4.69, 9.17) is 17.3 Å². The summed E-state index contributed by atoms with van der Waals surface area (Å²) in [5, 5.41) is 2.00. The van der Waals surface area contributed by atoms with E-state index in [0.717, 1.165) is 10.6 Å². The Morgan fingerprint density at radius 2 is 2.11 bits per heavy atom. The van der Waals surface area contributed by atoms with Gasteiger partial charge < -0.3 is 5.73 Å². The van der Waals surface area contributed by atoms with Crippen molar-refractivity contribution in [3.05, 3.63) is 34.3 Å². The summed E-state index contributed by atoms with van der Waals surface area (Å²) in [5.74, 6) is 2.46. The molecule has 1 aliphatic heterocycles. The number of hydrogen-bond acceptors (Lipinski definition) is 3. The Hall–Kier alpha value is 0.170. The molecule has 18 heavy (non-hydrogen) atoms. The molecule has 3 atom stereocenters. The van der Waals surface area contributed by atoms with Crippen molar-refractivity contribution in [2.45, 2.75) is 36.8 Å². The number of hydrogen-bond donors (Lipinski definition) is 1. The van der Waals surface area contributed by atoms with Gasteiger partial charge in [-0.3, -0.25) is 0 Å². The molecule has 0 amide bonds. The number of rotatable bonds is 3. The molecular weight excluding hydrogens is 282 g/mol. The molecule has 0 radical (unpaired) electrons. The summed E-state index contributed by atoms with van der Waals surface area (Å²) in [7, 11) is 0. The van der Waals surface area contributed by atoms with Crippen LogP contribution >= 0.6 is 35.1 Å². The van der Waals surface area contributed by atoms with E-state index in [1.807, 2.05) is 24.8 Å². The molecule has 0 saturated carbocycles. The average molecular weight is 302 g/mol. The van der Waals surface area contributed by atoms with Crippen molar-refractivity contribution in [3.63, 3.8) is 0 Å². The maximum absolute atomic E-state index is 6.46. The van der Waals surface area contributed by atoms with Crippen LogP contribution in [0.25, 0.3) is 0 Å². The fourth-order valence-corrected chi connectivity index (χ4v) is 5.65. The number of thioether (sulfide) groups is 2. The van der Waals surface area contributed by atoms with Gasteiger partial charge in [0.2, 0.25) is 0 Å². The van der Waals surface area contributed by atoms with E-state index in [9.17, 15) is 0 Å². The van der Waals surface area contributed by atoms with Crippen LogP contribution in [0.1, 0.15) is 30.5 Å². The molecule has 0 spiro atoms. The third kappa shape index (κ3) is 3.19. The highest BCUT2D eigenvalue weighted by molar-refractivity contribution is 8.07. The van der Waals surface area contributed by atoms with Gasteiger partial charge in [0, 0.05) is 33.1 Å². The summed E-state index contributed by atoms with van der Waals surface area (Å²) in [4.78, 5) is 0. The van der Waals surface area contributed by atoms with E-state index >= 15 is 0 Å². The van der Waals surface area contributed by atoms with Gasteiger partial charge in [0.05, 0.1) is 0 Å². The highest BCUT2D eigenvalue weighted by Crippen LogP contribution is 2.39. The molecule has 2 N–H and O–H groups in total. The van der Waals surface area contributed by atoms with Crippen LogP contribution in [0.4, 0.5) is 0 Å². The molecule has 1 nitrogen and oxygen atoms in total. The van der Waals surface area contributed by atoms with E-state index in [-0.39, 0.29) is 6.04 Å². The Balaban J connectivity index is 2.18. The Morgan fingerprint density at radius 3 is 2.78 bits per heavy atom. The van der Waals surface area contributed by atoms with E-state index in [1.54, 1.807) is 0 Å². The zero-order valence-corrected chi connectivity index (χ0v) is 13.2. The second-order valence-electron chi connectivity index (χ2n) is 4.69. The summed E-state index contributed by atoms with van der Waals surface area (Å²) < 4.78 is 0. The highest BCUT2D eigenvalue weighted by atomic mass is 35.5. The molecule has 4 heteroatoms. The smallest absolute Gasteiger partial charge is 0.0438 e. The first kappa shape index (κ1) is 14.6. The van der Waals surface area contributed by atoms with E-state index < -0.39 is 0 Å². The molecule has 1 aliphatic rings. The van der Waals surface area contributed by atoms with Gasteiger partial charge in [-0.25, -0.2) is 0 Å². The largest absolute Gasteiger partial charge is 0.323 e. The van der Waals surface area contributed by atoms with Crippen LogP contribution < -0.4 is 5.73 Å². The molecule has 1 heterocycles. The SMILES string of the molecule is CCC1SCCSC1C(N)c1ccc(C)c(Cl)c1. The fourth-order valence-electron chi connectivity index (χ4n) is 2.28. The maximum atomic E-state index is 6.46. The molecule has 0 aromatic heterocycles. The molecule has 1 fully saturated rings. The monoisotopic (exact) mass is 301 g/mol. The summed E-state index contributed by atoms with van der Waals surface area (Å²) in [6.07, 6.45) is 1.19. The summed E-state index contributed by atoms with van der Waals surface area (Å²) >= 11 is 10.3. The Kier molecular flexibility index (Phi) is 5.31. The molecule has 100 valence electrons. The third-order valence-electron chi connectivity index (χ3n) is 3.43. The van der Waals surface area contributed by atoms with Crippen LogP contribution in [0, 0.1) is 6.92 Å². The Labute approximate surface area is 123 Å². The van der Waals surface area contributed by atoms with Crippen LogP contribution in [0.5, 0.6) is 0 Å². The maximum Gasteiger partial charge on any atom is 0.0438 e. The van der Waals surface area contributed by atoms with Gasteiger partial charge in [-0.1, -0.05) is 30.7 Å². The zero-order chi connectivity index (χ0) is 13.1. The fraction of sp³-hybridized carbons (Fsp3) is 0.571.